The van der Waals surface area contributed by atoms with Crippen LogP contribution in [0.2, 0.25) is 0 Å². The molecule has 0 bridgehead atoms. The van der Waals surface area contributed by atoms with E-state index in [0.29, 0.717) is 13.1 Å². The number of amides is 3. The quantitative estimate of drug-likeness (QED) is 0.597. The third-order valence-electron chi connectivity index (χ3n) is 8.24. The maximum absolute atomic E-state index is 14.2. The largest absolute Gasteiger partial charge is 0.395 e. The predicted molar refractivity (Wildman–Crippen MR) is 141 cm³/mol. The minimum absolute atomic E-state index is 0.0370. The van der Waals surface area contributed by atoms with E-state index in [1.54, 1.807) is 21.6 Å². The van der Waals surface area contributed by atoms with Gasteiger partial charge in [-0.05, 0) is 32.4 Å². The fraction of sp³-hybridized carbons (Fsp3) is 0.536. The molecule has 1 N–H and O–H groups in total. The van der Waals surface area contributed by atoms with Gasteiger partial charge in [0.05, 0.1) is 23.2 Å². The normalized spacial score (nSPS) is 34.4. The Morgan fingerprint density at radius 3 is 2.44 bits per heavy atom. The fourth-order valence-electron chi connectivity index (χ4n) is 6.70. The van der Waals surface area contributed by atoms with Gasteiger partial charge in [0, 0.05) is 36.1 Å². The number of aliphatic hydroxyl groups is 1. The van der Waals surface area contributed by atoms with Gasteiger partial charge in [-0.1, -0.05) is 55.8 Å². The summed E-state index contributed by atoms with van der Waals surface area (Å²) in [4.78, 5) is 47.6. The molecule has 8 heteroatoms. The van der Waals surface area contributed by atoms with Gasteiger partial charge in [-0.3, -0.25) is 14.4 Å². The SMILES string of the molecule is CCCC(C)N1CC=C[C@]23S[C@@]4(C)C=CCN(c5ccccc5)C(=O)[C@H]4[C@H]2C(=O)N(CCO)C3C1=O. The highest BCUT2D eigenvalue weighted by Gasteiger charge is 2.74. The molecule has 4 aliphatic rings. The van der Waals surface area contributed by atoms with Crippen LogP contribution in [0.1, 0.15) is 33.6 Å². The average molecular weight is 510 g/mol. The second-order valence-corrected chi connectivity index (χ2v) is 12.3. The number of fused-ring (bicyclic) bond motifs is 2. The zero-order valence-electron chi connectivity index (χ0n) is 21.2. The predicted octanol–water partition coefficient (Wildman–Crippen LogP) is 2.86. The number of carbonyl (C=O) groups excluding carboxylic acids is 3. The highest BCUT2D eigenvalue weighted by molar-refractivity contribution is 8.02. The van der Waals surface area contributed by atoms with Crippen molar-refractivity contribution in [2.75, 3.05) is 31.1 Å². The van der Waals surface area contributed by atoms with E-state index in [2.05, 4.69) is 19.9 Å². The molecular weight excluding hydrogens is 474 g/mol. The summed E-state index contributed by atoms with van der Waals surface area (Å²) in [6, 6.07) is 8.82. The molecule has 4 aliphatic heterocycles. The van der Waals surface area contributed by atoms with Crippen LogP contribution in [0.4, 0.5) is 5.69 Å². The second kappa shape index (κ2) is 9.38. The van der Waals surface area contributed by atoms with E-state index in [4.69, 9.17) is 0 Å². The van der Waals surface area contributed by atoms with Crippen LogP contribution in [-0.2, 0) is 14.4 Å². The number of benzene rings is 1. The van der Waals surface area contributed by atoms with E-state index < -0.39 is 27.4 Å². The van der Waals surface area contributed by atoms with Gasteiger partial charge in [0.1, 0.15) is 6.04 Å². The standard InChI is InChI=1S/C28H35N3O4S/c1-4-10-19(2)29-15-9-14-28-22(25(34)31(17-18-32)23(28)26(29)35)21-24(33)30(20-11-6-5-7-12-20)16-8-13-27(21,3)36-28/h5-9,11-14,19,21-23,32H,4,10,15-18H2,1-3H3/t19?,21-,22+,23?,27+,28+/m1/s1. The Hall–Kier alpha value is -2.58. The minimum atomic E-state index is -0.872. The van der Waals surface area contributed by atoms with Gasteiger partial charge in [0.25, 0.3) is 0 Å². The van der Waals surface area contributed by atoms with Gasteiger partial charge >= 0.3 is 0 Å². The van der Waals surface area contributed by atoms with Crippen LogP contribution in [0.5, 0.6) is 0 Å². The zero-order valence-corrected chi connectivity index (χ0v) is 22.0. The molecule has 0 radical (unpaired) electrons. The minimum Gasteiger partial charge on any atom is -0.395 e. The number of nitrogens with zero attached hydrogens (tertiary/aromatic N) is 3. The molecule has 5 rings (SSSR count). The Balaban J connectivity index is 1.62. The summed E-state index contributed by atoms with van der Waals surface area (Å²) in [5, 5.41) is 9.85. The molecule has 6 atom stereocenters. The van der Waals surface area contributed by atoms with Gasteiger partial charge < -0.3 is 19.8 Å². The van der Waals surface area contributed by atoms with Crippen LogP contribution in [-0.4, -0.2) is 80.4 Å². The molecule has 2 saturated heterocycles. The lowest BCUT2D eigenvalue weighted by molar-refractivity contribution is -0.144. The highest BCUT2D eigenvalue weighted by Crippen LogP contribution is 2.65. The lowest BCUT2D eigenvalue weighted by Crippen LogP contribution is -2.55. The Morgan fingerprint density at radius 2 is 1.75 bits per heavy atom. The molecule has 3 amide bonds. The number of aliphatic hydroxyl groups excluding tert-OH is 1. The van der Waals surface area contributed by atoms with Gasteiger partial charge in [0.15, 0.2) is 0 Å². The number of hydrogen-bond donors (Lipinski definition) is 1. The van der Waals surface area contributed by atoms with E-state index >= 15 is 0 Å². The Labute approximate surface area is 217 Å². The average Bonchev–Trinajstić information content (AvgIpc) is 3.11. The Kier molecular flexibility index (Phi) is 6.53. The summed E-state index contributed by atoms with van der Waals surface area (Å²) in [6.07, 6.45) is 9.95. The van der Waals surface area contributed by atoms with Gasteiger partial charge in [-0.2, -0.15) is 0 Å². The third kappa shape index (κ3) is 3.64. The Morgan fingerprint density at radius 1 is 1.03 bits per heavy atom. The molecule has 0 aliphatic carbocycles. The molecule has 4 heterocycles. The molecule has 0 saturated carbocycles. The molecule has 36 heavy (non-hydrogen) atoms. The van der Waals surface area contributed by atoms with Gasteiger partial charge in [-0.15, -0.1) is 11.8 Å². The van der Waals surface area contributed by atoms with Crippen molar-refractivity contribution in [3.8, 4) is 0 Å². The lowest BCUT2D eigenvalue weighted by atomic mass is 9.74. The number of anilines is 1. The van der Waals surface area contributed by atoms with Crippen LogP contribution in [0.25, 0.3) is 0 Å². The maximum atomic E-state index is 14.2. The van der Waals surface area contributed by atoms with Crippen molar-refractivity contribution in [2.24, 2.45) is 11.8 Å². The van der Waals surface area contributed by atoms with Crippen LogP contribution in [0.15, 0.2) is 54.6 Å². The zero-order chi connectivity index (χ0) is 25.7. The molecular formula is C28H35N3O4S. The molecule has 1 aromatic rings. The van der Waals surface area contributed by atoms with Crippen LogP contribution < -0.4 is 4.90 Å². The third-order valence-corrected chi connectivity index (χ3v) is 10.0. The summed E-state index contributed by atoms with van der Waals surface area (Å²) >= 11 is 1.58. The van der Waals surface area contributed by atoms with Gasteiger partial charge in [-0.25, -0.2) is 0 Å². The van der Waals surface area contributed by atoms with Gasteiger partial charge in [0.2, 0.25) is 17.7 Å². The number of likely N-dealkylation sites (tertiary alicyclic amines) is 1. The van der Waals surface area contributed by atoms with E-state index in [1.165, 1.54) is 0 Å². The van der Waals surface area contributed by atoms with Crippen LogP contribution in [0, 0.1) is 11.8 Å². The summed E-state index contributed by atoms with van der Waals surface area (Å²) in [5.41, 5.74) is 0.795. The monoisotopic (exact) mass is 509 g/mol. The fourth-order valence-corrected chi connectivity index (χ4v) is 8.85. The summed E-state index contributed by atoms with van der Waals surface area (Å²) < 4.78 is -1.51. The first kappa shape index (κ1) is 25.1. The molecule has 7 nitrogen and oxygen atoms in total. The van der Waals surface area contributed by atoms with Crippen molar-refractivity contribution in [3.63, 3.8) is 0 Å². The number of hydrogen-bond acceptors (Lipinski definition) is 5. The number of β-amino-alcohol motifs (C(OH)–C–C–N with tert-alkyl or cyclic N) is 1. The molecule has 192 valence electrons. The summed E-state index contributed by atoms with van der Waals surface area (Å²) in [5.74, 6) is -1.71. The summed E-state index contributed by atoms with van der Waals surface area (Å²) in [6.45, 7) is 6.94. The molecule has 2 fully saturated rings. The van der Waals surface area contributed by atoms with Crippen LogP contribution in [0.3, 0.4) is 0 Å². The first-order valence-corrected chi connectivity index (χ1v) is 13.7. The number of para-hydroxylation sites is 1. The van der Waals surface area contributed by atoms with Crippen molar-refractivity contribution >= 4 is 35.2 Å². The first-order valence-electron chi connectivity index (χ1n) is 12.9. The lowest BCUT2D eigenvalue weighted by Gasteiger charge is -2.38. The van der Waals surface area contributed by atoms with Crippen molar-refractivity contribution < 1.29 is 19.5 Å². The molecule has 2 unspecified atom stereocenters. The van der Waals surface area contributed by atoms with Crippen LogP contribution >= 0.6 is 11.8 Å². The maximum Gasteiger partial charge on any atom is 0.247 e. The number of carbonyl (C=O) groups is 3. The first-order chi connectivity index (χ1) is 17.3. The van der Waals surface area contributed by atoms with E-state index in [0.717, 1.165) is 18.5 Å². The van der Waals surface area contributed by atoms with Crippen molar-refractivity contribution in [1.82, 2.24) is 9.80 Å². The van der Waals surface area contributed by atoms with Crippen molar-refractivity contribution in [3.05, 3.63) is 54.6 Å². The Bertz CT molecular complexity index is 1110. The summed E-state index contributed by atoms with van der Waals surface area (Å²) in [7, 11) is 0. The van der Waals surface area contributed by atoms with E-state index in [9.17, 15) is 19.5 Å². The van der Waals surface area contributed by atoms with E-state index in [1.807, 2.05) is 60.4 Å². The second-order valence-electron chi connectivity index (χ2n) is 10.5. The van der Waals surface area contributed by atoms with Crippen molar-refractivity contribution in [1.29, 1.82) is 0 Å². The van der Waals surface area contributed by atoms with E-state index in [-0.39, 0.29) is 36.9 Å². The molecule has 1 aromatic carbocycles. The number of thioether (sulfide) groups is 1. The highest BCUT2D eigenvalue weighted by atomic mass is 32.2. The molecule has 1 spiro atoms. The van der Waals surface area contributed by atoms with Crippen molar-refractivity contribution in [2.45, 2.75) is 55.2 Å². The molecule has 0 aromatic heterocycles. The smallest absolute Gasteiger partial charge is 0.247 e. The number of rotatable bonds is 6. The topological polar surface area (TPSA) is 81.2 Å².